The monoisotopic (exact) mass is 386 g/mol. The lowest BCUT2D eigenvalue weighted by Gasteiger charge is -2.10. The number of hydrogen-bond acceptors (Lipinski definition) is 4. The van der Waals surface area contributed by atoms with Gasteiger partial charge in [0.2, 0.25) is 11.8 Å². The Labute approximate surface area is 162 Å². The van der Waals surface area contributed by atoms with E-state index in [2.05, 4.69) is 10.6 Å². The van der Waals surface area contributed by atoms with Crippen LogP contribution in [-0.4, -0.2) is 28.6 Å². The summed E-state index contributed by atoms with van der Waals surface area (Å²) < 4.78 is 0. The zero-order valence-corrected chi connectivity index (χ0v) is 16.1. The van der Waals surface area contributed by atoms with Crippen molar-refractivity contribution in [2.75, 3.05) is 16.4 Å². The zero-order chi connectivity index (χ0) is 19.8. The van der Waals surface area contributed by atoms with Gasteiger partial charge in [-0.25, -0.2) is 4.79 Å². The average molecular weight is 386 g/mol. The summed E-state index contributed by atoms with van der Waals surface area (Å²) in [7, 11) is 0. The molecule has 0 heterocycles. The molecule has 2 amide bonds. The summed E-state index contributed by atoms with van der Waals surface area (Å²) in [5.41, 5.74) is 2.10. The highest BCUT2D eigenvalue weighted by molar-refractivity contribution is 8.00. The van der Waals surface area contributed by atoms with Crippen molar-refractivity contribution in [2.24, 2.45) is 0 Å². The molecule has 0 fully saturated rings. The molecule has 7 heteroatoms. The molecule has 2 aromatic rings. The first-order valence-electron chi connectivity index (χ1n) is 8.55. The van der Waals surface area contributed by atoms with Gasteiger partial charge in [-0.2, -0.15) is 0 Å². The van der Waals surface area contributed by atoms with E-state index in [0.717, 1.165) is 16.9 Å². The van der Waals surface area contributed by atoms with Gasteiger partial charge in [-0.05, 0) is 49.2 Å². The first kappa shape index (κ1) is 20.5. The molecule has 0 aliphatic heterocycles. The first-order chi connectivity index (χ1) is 12.9. The molecule has 0 spiro atoms. The molecule has 0 saturated heterocycles. The maximum atomic E-state index is 12.2. The third kappa shape index (κ3) is 6.45. The van der Waals surface area contributed by atoms with Gasteiger partial charge in [0, 0.05) is 22.7 Å². The number of carbonyl (C=O) groups is 3. The number of thioether (sulfide) groups is 1. The fraction of sp³-hybridized carbons (Fsp3) is 0.250. The number of carboxylic acid groups (broad SMARTS) is 1. The van der Waals surface area contributed by atoms with Crippen LogP contribution in [0.1, 0.15) is 35.7 Å². The van der Waals surface area contributed by atoms with Crippen LogP contribution < -0.4 is 10.6 Å². The second kappa shape index (κ2) is 9.78. The van der Waals surface area contributed by atoms with Gasteiger partial charge < -0.3 is 15.7 Å². The molecule has 27 heavy (non-hydrogen) atoms. The predicted molar refractivity (Wildman–Crippen MR) is 107 cm³/mol. The number of benzene rings is 2. The average Bonchev–Trinajstić information content (AvgIpc) is 2.62. The Hall–Kier alpha value is -2.80. The Morgan fingerprint density at radius 2 is 1.81 bits per heavy atom. The van der Waals surface area contributed by atoms with Crippen molar-refractivity contribution in [1.29, 1.82) is 0 Å². The van der Waals surface area contributed by atoms with Gasteiger partial charge in [-0.3, -0.25) is 9.59 Å². The summed E-state index contributed by atoms with van der Waals surface area (Å²) >= 11 is 1.34. The number of carbonyl (C=O) groups excluding carboxylic acids is 2. The second-order valence-corrected chi connectivity index (χ2v) is 7.05. The Balaban J connectivity index is 1.95. The number of amides is 2. The topological polar surface area (TPSA) is 95.5 Å². The van der Waals surface area contributed by atoms with Crippen LogP contribution >= 0.6 is 11.8 Å². The summed E-state index contributed by atoms with van der Waals surface area (Å²) in [4.78, 5) is 35.8. The maximum Gasteiger partial charge on any atom is 0.335 e. The molecule has 0 aromatic heterocycles. The van der Waals surface area contributed by atoms with E-state index in [1.54, 1.807) is 19.1 Å². The van der Waals surface area contributed by atoms with E-state index in [1.165, 1.54) is 23.9 Å². The van der Waals surface area contributed by atoms with Crippen LogP contribution in [0.3, 0.4) is 0 Å². The van der Waals surface area contributed by atoms with E-state index in [4.69, 9.17) is 5.11 Å². The van der Waals surface area contributed by atoms with Crippen LogP contribution in [0.5, 0.6) is 0 Å². The van der Waals surface area contributed by atoms with Gasteiger partial charge in [-0.15, -0.1) is 11.8 Å². The van der Waals surface area contributed by atoms with Crippen molar-refractivity contribution in [3.05, 3.63) is 53.6 Å². The normalized spacial score (nSPS) is 10.3. The molecule has 0 bridgehead atoms. The molecule has 3 N–H and O–H groups in total. The van der Waals surface area contributed by atoms with Crippen LogP contribution in [-0.2, 0) is 9.59 Å². The molecular weight excluding hydrogens is 364 g/mol. The molecule has 0 atom stereocenters. The van der Waals surface area contributed by atoms with Gasteiger partial charge in [-0.1, -0.05) is 19.1 Å². The number of rotatable bonds is 8. The van der Waals surface area contributed by atoms with Crippen molar-refractivity contribution in [3.8, 4) is 0 Å². The van der Waals surface area contributed by atoms with Crippen molar-refractivity contribution < 1.29 is 19.5 Å². The quantitative estimate of drug-likeness (QED) is 0.592. The number of carboxylic acids is 1. The predicted octanol–water partition coefficient (Wildman–Crippen LogP) is 4.16. The summed E-state index contributed by atoms with van der Waals surface area (Å²) in [6, 6.07) is 11.9. The molecule has 0 aliphatic rings. The highest BCUT2D eigenvalue weighted by atomic mass is 32.2. The number of aromatic carboxylic acids is 1. The number of hydrogen-bond donors (Lipinski definition) is 3. The number of nitrogens with one attached hydrogen (secondary N) is 2. The van der Waals surface area contributed by atoms with Crippen LogP contribution in [0.15, 0.2) is 47.4 Å². The highest BCUT2D eigenvalue weighted by Gasteiger charge is 2.10. The Morgan fingerprint density at radius 3 is 2.52 bits per heavy atom. The summed E-state index contributed by atoms with van der Waals surface area (Å²) in [5, 5.41) is 14.6. The Kier molecular flexibility index (Phi) is 7.43. The standard InChI is InChI=1S/C20H22N2O4S/c1-3-5-18(23)21-15-6-4-7-16(11-15)27-12-19(24)22-17-10-14(20(25)26)9-8-13(17)2/h4,6-11H,3,5,12H2,1-2H3,(H,21,23)(H,22,24)(H,25,26). The van der Waals surface area contributed by atoms with E-state index < -0.39 is 5.97 Å². The summed E-state index contributed by atoms with van der Waals surface area (Å²) in [6.07, 6.45) is 1.25. The Bertz CT molecular complexity index is 852. The molecule has 0 radical (unpaired) electrons. The fourth-order valence-electron chi connectivity index (χ4n) is 2.34. The van der Waals surface area contributed by atoms with Gasteiger partial charge in [0.25, 0.3) is 0 Å². The SMILES string of the molecule is CCCC(=O)Nc1cccc(SCC(=O)Nc2cc(C(=O)O)ccc2C)c1. The molecule has 6 nitrogen and oxygen atoms in total. The number of anilines is 2. The zero-order valence-electron chi connectivity index (χ0n) is 15.2. The van der Waals surface area contributed by atoms with Crippen LogP contribution in [0.2, 0.25) is 0 Å². The maximum absolute atomic E-state index is 12.2. The summed E-state index contributed by atoms with van der Waals surface area (Å²) in [5.74, 6) is -1.14. The lowest BCUT2D eigenvalue weighted by atomic mass is 10.1. The van der Waals surface area contributed by atoms with Crippen LogP contribution in [0, 0.1) is 6.92 Å². The van der Waals surface area contributed by atoms with Crippen molar-refractivity contribution in [1.82, 2.24) is 0 Å². The van der Waals surface area contributed by atoms with E-state index in [9.17, 15) is 14.4 Å². The minimum atomic E-state index is -1.04. The molecule has 0 saturated carbocycles. The summed E-state index contributed by atoms with van der Waals surface area (Å²) in [6.45, 7) is 3.75. The van der Waals surface area contributed by atoms with E-state index >= 15 is 0 Å². The van der Waals surface area contributed by atoms with E-state index in [1.807, 2.05) is 25.1 Å². The lowest BCUT2D eigenvalue weighted by molar-refractivity contribution is -0.116. The Morgan fingerprint density at radius 1 is 1.04 bits per heavy atom. The van der Waals surface area contributed by atoms with Gasteiger partial charge in [0.15, 0.2) is 0 Å². The molecule has 142 valence electrons. The second-order valence-electron chi connectivity index (χ2n) is 6.00. The van der Waals surface area contributed by atoms with Crippen LogP contribution in [0.25, 0.3) is 0 Å². The minimum Gasteiger partial charge on any atom is -0.478 e. The number of aryl methyl sites for hydroxylation is 1. The first-order valence-corrected chi connectivity index (χ1v) is 9.54. The van der Waals surface area contributed by atoms with Gasteiger partial charge >= 0.3 is 5.97 Å². The van der Waals surface area contributed by atoms with Gasteiger partial charge in [0.05, 0.1) is 11.3 Å². The molecule has 2 rings (SSSR count). The van der Waals surface area contributed by atoms with E-state index in [-0.39, 0.29) is 23.1 Å². The molecule has 2 aromatic carbocycles. The molecule has 0 unspecified atom stereocenters. The molecule has 0 aliphatic carbocycles. The third-order valence-corrected chi connectivity index (χ3v) is 4.72. The third-order valence-electron chi connectivity index (χ3n) is 3.72. The lowest BCUT2D eigenvalue weighted by Crippen LogP contribution is -2.15. The van der Waals surface area contributed by atoms with Crippen molar-refractivity contribution >= 4 is 40.9 Å². The highest BCUT2D eigenvalue weighted by Crippen LogP contribution is 2.23. The fourth-order valence-corrected chi connectivity index (χ4v) is 3.09. The van der Waals surface area contributed by atoms with Crippen molar-refractivity contribution in [2.45, 2.75) is 31.6 Å². The molecular formula is C20H22N2O4S. The van der Waals surface area contributed by atoms with Crippen LogP contribution in [0.4, 0.5) is 11.4 Å². The van der Waals surface area contributed by atoms with Gasteiger partial charge in [0.1, 0.15) is 0 Å². The van der Waals surface area contributed by atoms with Crippen molar-refractivity contribution in [3.63, 3.8) is 0 Å². The smallest absolute Gasteiger partial charge is 0.335 e. The minimum absolute atomic E-state index is 0.0359. The van der Waals surface area contributed by atoms with E-state index in [0.29, 0.717) is 17.8 Å². The largest absolute Gasteiger partial charge is 0.478 e.